The monoisotopic (exact) mass is 254 g/mol. The second-order valence-corrected chi connectivity index (χ2v) is 6.17. The minimum Gasteiger partial charge on any atom is -0.348 e. The molecule has 0 fully saturated rings. The number of aromatic nitrogens is 1. The van der Waals surface area contributed by atoms with Crippen LogP contribution in [0.1, 0.15) is 56.4 Å². The molecule has 0 saturated carbocycles. The molecule has 0 spiro atoms. The minimum atomic E-state index is -0.0728. The van der Waals surface area contributed by atoms with Crippen molar-refractivity contribution in [3.63, 3.8) is 0 Å². The number of thiazole rings is 1. The maximum atomic E-state index is 11.1. The lowest BCUT2D eigenvalue weighted by Crippen LogP contribution is -2.23. The number of nitrogens with zero attached hydrogens (tertiary/aromatic N) is 2. The molecule has 3 nitrogen and oxygen atoms in total. The largest absolute Gasteiger partial charge is 0.348 e. The highest BCUT2D eigenvalue weighted by Crippen LogP contribution is 2.32. The maximum absolute atomic E-state index is 11.1. The van der Waals surface area contributed by atoms with Gasteiger partial charge in [-0.15, -0.1) is 0 Å². The summed E-state index contributed by atoms with van der Waals surface area (Å²) >= 11 is 1.51. The van der Waals surface area contributed by atoms with Crippen molar-refractivity contribution in [2.45, 2.75) is 46.5 Å². The van der Waals surface area contributed by atoms with E-state index < -0.39 is 0 Å². The fourth-order valence-corrected chi connectivity index (χ4v) is 2.91. The highest BCUT2D eigenvalue weighted by atomic mass is 32.1. The Balaban J connectivity index is 3.11. The molecule has 0 atom stereocenters. The van der Waals surface area contributed by atoms with Crippen LogP contribution >= 0.6 is 11.3 Å². The van der Waals surface area contributed by atoms with Gasteiger partial charge >= 0.3 is 0 Å². The molecule has 0 amide bonds. The van der Waals surface area contributed by atoms with Crippen LogP contribution in [0.15, 0.2) is 0 Å². The Bertz CT molecular complexity index is 379. The Morgan fingerprint density at radius 3 is 2.35 bits per heavy atom. The third-order valence-corrected chi connectivity index (χ3v) is 3.65. The molecule has 1 aromatic rings. The minimum absolute atomic E-state index is 0.0728. The van der Waals surface area contributed by atoms with Crippen LogP contribution in [0.5, 0.6) is 0 Å². The average Bonchev–Trinajstić information content (AvgIpc) is 2.69. The lowest BCUT2D eigenvalue weighted by atomic mass is 9.91. The molecule has 1 aromatic heterocycles. The summed E-state index contributed by atoms with van der Waals surface area (Å²) in [7, 11) is 0. The van der Waals surface area contributed by atoms with Gasteiger partial charge in [-0.05, 0) is 13.3 Å². The zero-order chi connectivity index (χ0) is 13.1. The van der Waals surface area contributed by atoms with Crippen molar-refractivity contribution in [2.24, 2.45) is 0 Å². The lowest BCUT2D eigenvalue weighted by molar-refractivity contribution is 0.112. The molecule has 1 rings (SSSR count). The normalized spacial score (nSPS) is 11.6. The summed E-state index contributed by atoms with van der Waals surface area (Å²) in [4.78, 5) is 18.8. The van der Waals surface area contributed by atoms with E-state index in [1.165, 1.54) is 11.3 Å². The molecule has 0 aliphatic carbocycles. The Morgan fingerprint density at radius 2 is 2.00 bits per heavy atom. The molecule has 0 unspecified atom stereocenters. The van der Waals surface area contributed by atoms with Crippen molar-refractivity contribution >= 4 is 22.8 Å². The summed E-state index contributed by atoms with van der Waals surface area (Å²) in [6.45, 7) is 12.5. The molecule has 0 aliphatic rings. The van der Waals surface area contributed by atoms with Crippen molar-refractivity contribution in [3.05, 3.63) is 10.6 Å². The van der Waals surface area contributed by atoms with E-state index in [2.05, 4.69) is 44.5 Å². The zero-order valence-electron chi connectivity index (χ0n) is 11.4. The SMILES string of the molecule is CCCN(CC)c1nc(C(C)(C)C)c(C=O)s1. The molecule has 0 bridgehead atoms. The Kier molecular flexibility index (Phi) is 4.69. The van der Waals surface area contributed by atoms with Gasteiger partial charge in [0.1, 0.15) is 0 Å². The van der Waals surface area contributed by atoms with Crippen LogP contribution in [0.4, 0.5) is 5.13 Å². The van der Waals surface area contributed by atoms with Gasteiger partial charge in [0.05, 0.1) is 10.6 Å². The van der Waals surface area contributed by atoms with E-state index in [9.17, 15) is 4.79 Å². The second-order valence-electron chi connectivity index (χ2n) is 5.16. The van der Waals surface area contributed by atoms with Gasteiger partial charge < -0.3 is 4.90 Å². The predicted octanol–water partition coefficient (Wildman–Crippen LogP) is 3.49. The Morgan fingerprint density at radius 1 is 1.35 bits per heavy atom. The number of anilines is 1. The highest BCUT2D eigenvalue weighted by molar-refractivity contribution is 7.17. The Labute approximate surface area is 108 Å². The number of carbonyl (C=O) groups excluding carboxylic acids is 1. The average molecular weight is 254 g/mol. The Hall–Kier alpha value is -0.900. The fourth-order valence-electron chi connectivity index (χ4n) is 1.73. The van der Waals surface area contributed by atoms with E-state index in [4.69, 9.17) is 0 Å². The second kappa shape index (κ2) is 5.63. The van der Waals surface area contributed by atoms with Gasteiger partial charge in [0.25, 0.3) is 0 Å². The van der Waals surface area contributed by atoms with Crippen molar-refractivity contribution < 1.29 is 4.79 Å². The third kappa shape index (κ3) is 3.28. The van der Waals surface area contributed by atoms with Gasteiger partial charge in [-0.25, -0.2) is 4.98 Å². The molecule has 0 saturated heterocycles. The van der Waals surface area contributed by atoms with Gasteiger partial charge in [0.2, 0.25) is 0 Å². The number of carbonyl (C=O) groups is 1. The van der Waals surface area contributed by atoms with E-state index in [-0.39, 0.29) is 5.41 Å². The van der Waals surface area contributed by atoms with Crippen LogP contribution < -0.4 is 4.90 Å². The van der Waals surface area contributed by atoms with Crippen molar-refractivity contribution in [3.8, 4) is 0 Å². The van der Waals surface area contributed by atoms with Gasteiger partial charge in [-0.3, -0.25) is 4.79 Å². The molecule has 0 N–H and O–H groups in total. The van der Waals surface area contributed by atoms with Crippen LogP contribution in [0.2, 0.25) is 0 Å². The van der Waals surface area contributed by atoms with Gasteiger partial charge in [-0.1, -0.05) is 39.0 Å². The molecule has 0 aliphatic heterocycles. The molecule has 96 valence electrons. The summed E-state index contributed by atoms with van der Waals surface area (Å²) in [6.07, 6.45) is 2.02. The molecular weight excluding hydrogens is 232 g/mol. The van der Waals surface area contributed by atoms with Crippen LogP contribution in [-0.2, 0) is 5.41 Å². The number of aldehydes is 1. The first-order valence-corrected chi connectivity index (χ1v) is 6.97. The predicted molar refractivity (Wildman–Crippen MR) is 74.4 cm³/mol. The number of hydrogen-bond donors (Lipinski definition) is 0. The summed E-state index contributed by atoms with van der Waals surface area (Å²) in [5.41, 5.74) is 0.846. The third-order valence-electron chi connectivity index (χ3n) is 2.61. The first kappa shape index (κ1) is 14.2. The molecule has 4 heteroatoms. The topological polar surface area (TPSA) is 33.2 Å². The quantitative estimate of drug-likeness (QED) is 0.754. The van der Waals surface area contributed by atoms with E-state index in [0.717, 1.165) is 41.5 Å². The number of hydrogen-bond acceptors (Lipinski definition) is 4. The summed E-state index contributed by atoms with van der Waals surface area (Å²) in [5, 5.41) is 0.973. The van der Waals surface area contributed by atoms with Crippen molar-refractivity contribution in [1.82, 2.24) is 4.98 Å². The van der Waals surface area contributed by atoms with E-state index in [0.29, 0.717) is 0 Å². The van der Waals surface area contributed by atoms with Gasteiger partial charge in [0.15, 0.2) is 11.4 Å². The summed E-state index contributed by atoms with van der Waals surface area (Å²) in [6, 6.07) is 0. The fraction of sp³-hybridized carbons (Fsp3) is 0.692. The smallest absolute Gasteiger partial charge is 0.186 e. The summed E-state index contributed by atoms with van der Waals surface area (Å²) in [5.74, 6) is 0. The first-order chi connectivity index (χ1) is 7.93. The molecule has 0 aromatic carbocycles. The lowest BCUT2D eigenvalue weighted by Gasteiger charge is -2.19. The first-order valence-electron chi connectivity index (χ1n) is 6.15. The van der Waals surface area contributed by atoms with Crippen LogP contribution in [0.3, 0.4) is 0 Å². The summed E-state index contributed by atoms with van der Waals surface area (Å²) < 4.78 is 0. The van der Waals surface area contributed by atoms with E-state index in [1.54, 1.807) is 0 Å². The maximum Gasteiger partial charge on any atom is 0.186 e. The van der Waals surface area contributed by atoms with Crippen LogP contribution in [0.25, 0.3) is 0 Å². The van der Waals surface area contributed by atoms with E-state index in [1.807, 2.05) is 0 Å². The number of rotatable bonds is 5. The molecule has 0 radical (unpaired) electrons. The highest BCUT2D eigenvalue weighted by Gasteiger charge is 2.24. The van der Waals surface area contributed by atoms with Crippen LogP contribution in [0, 0.1) is 0 Å². The molecule has 17 heavy (non-hydrogen) atoms. The van der Waals surface area contributed by atoms with Gasteiger partial charge in [0, 0.05) is 18.5 Å². The molecular formula is C13H22N2OS. The molecule has 1 heterocycles. The standard InChI is InChI=1S/C13H22N2OS/c1-6-8-15(7-2)12-14-11(13(3,4)5)10(9-16)17-12/h9H,6-8H2,1-5H3. The van der Waals surface area contributed by atoms with Crippen molar-refractivity contribution in [2.75, 3.05) is 18.0 Å². The zero-order valence-corrected chi connectivity index (χ0v) is 12.2. The van der Waals surface area contributed by atoms with Gasteiger partial charge in [-0.2, -0.15) is 0 Å². The van der Waals surface area contributed by atoms with Crippen molar-refractivity contribution in [1.29, 1.82) is 0 Å². The van der Waals surface area contributed by atoms with E-state index >= 15 is 0 Å². The van der Waals surface area contributed by atoms with Crippen LogP contribution in [-0.4, -0.2) is 24.4 Å².